The van der Waals surface area contributed by atoms with E-state index in [-0.39, 0.29) is 0 Å². The lowest BCUT2D eigenvalue weighted by molar-refractivity contribution is 0.395. The Labute approximate surface area is 78.7 Å². The molecule has 0 spiro atoms. The van der Waals surface area contributed by atoms with Crippen molar-refractivity contribution in [1.29, 1.82) is 0 Å². The monoisotopic (exact) mass is 242 g/mol. The summed E-state index contributed by atoms with van der Waals surface area (Å²) in [6.07, 6.45) is 1.95. The van der Waals surface area contributed by atoms with E-state index in [1.165, 1.54) is 4.31 Å². The van der Waals surface area contributed by atoms with Crippen LogP contribution in [0.3, 0.4) is 0 Å². The van der Waals surface area contributed by atoms with E-state index in [0.29, 0.717) is 13.1 Å². The highest BCUT2D eigenvalue weighted by molar-refractivity contribution is 9.09. The van der Waals surface area contributed by atoms with E-state index >= 15 is 0 Å². The third-order valence-electron chi connectivity index (χ3n) is 1.35. The molecule has 0 aromatic carbocycles. The molecule has 0 saturated carbocycles. The topological polar surface area (TPSA) is 43.4 Å². The van der Waals surface area contributed by atoms with E-state index in [0.717, 1.165) is 18.2 Å². The molecule has 0 fully saturated rings. The summed E-state index contributed by atoms with van der Waals surface area (Å²) >= 11 is 1.25. The molecule has 0 bridgehead atoms. The van der Waals surface area contributed by atoms with Crippen molar-refractivity contribution in [2.24, 2.45) is 0 Å². The van der Waals surface area contributed by atoms with E-state index in [1.807, 2.05) is 6.92 Å². The summed E-state index contributed by atoms with van der Waals surface area (Å²) in [4.78, 5) is 0. The summed E-state index contributed by atoms with van der Waals surface area (Å²) < 4.78 is 22.3. The number of nitrogens with zero attached hydrogens (tertiary/aromatic N) is 1. The maximum atomic E-state index is 10.4. The Morgan fingerprint density at radius 2 is 2.18 bits per heavy atom. The van der Waals surface area contributed by atoms with Crippen molar-refractivity contribution >= 4 is 27.2 Å². The standard InChI is InChI=1S/C6H14BrNO2S/c1-2-8(11(9)10)6-4-3-5-7/h2-6H2,1H3,(H,9,10)/p-1. The third-order valence-corrected chi connectivity index (χ3v) is 2.78. The van der Waals surface area contributed by atoms with Gasteiger partial charge in [-0.2, -0.15) is 0 Å². The van der Waals surface area contributed by atoms with E-state index < -0.39 is 11.3 Å². The second-order valence-corrected chi connectivity index (χ2v) is 3.88. The Morgan fingerprint density at radius 3 is 2.55 bits per heavy atom. The fraction of sp³-hybridized carbons (Fsp3) is 1.00. The van der Waals surface area contributed by atoms with Gasteiger partial charge in [0.25, 0.3) is 0 Å². The smallest absolute Gasteiger partial charge is 0.0209 e. The van der Waals surface area contributed by atoms with Crippen LogP contribution in [0.1, 0.15) is 19.8 Å². The quantitative estimate of drug-likeness (QED) is 0.400. The van der Waals surface area contributed by atoms with Gasteiger partial charge in [0.2, 0.25) is 0 Å². The molecular weight excluding hydrogens is 230 g/mol. The number of halogens is 1. The zero-order chi connectivity index (χ0) is 8.69. The molecule has 0 aromatic heterocycles. The van der Waals surface area contributed by atoms with Gasteiger partial charge < -0.3 is 4.55 Å². The summed E-state index contributed by atoms with van der Waals surface area (Å²) in [7, 11) is 0. The normalized spacial score (nSPS) is 13.8. The van der Waals surface area contributed by atoms with Crippen LogP contribution < -0.4 is 0 Å². The zero-order valence-electron chi connectivity index (χ0n) is 6.59. The molecule has 1 unspecified atom stereocenters. The van der Waals surface area contributed by atoms with Crippen molar-refractivity contribution in [3.63, 3.8) is 0 Å². The van der Waals surface area contributed by atoms with Crippen molar-refractivity contribution in [2.45, 2.75) is 19.8 Å². The number of unbranched alkanes of at least 4 members (excludes halogenated alkanes) is 1. The molecule has 0 aromatic rings. The molecule has 0 amide bonds. The first-order chi connectivity index (χ1) is 5.22. The van der Waals surface area contributed by atoms with Gasteiger partial charge in [0, 0.05) is 29.7 Å². The largest absolute Gasteiger partial charge is 0.760 e. The molecule has 0 heterocycles. The first-order valence-electron chi connectivity index (χ1n) is 3.62. The predicted molar refractivity (Wildman–Crippen MR) is 49.2 cm³/mol. The van der Waals surface area contributed by atoms with Gasteiger partial charge in [0.15, 0.2) is 0 Å². The van der Waals surface area contributed by atoms with E-state index in [9.17, 15) is 8.76 Å². The first-order valence-corrected chi connectivity index (χ1v) is 5.78. The van der Waals surface area contributed by atoms with Gasteiger partial charge >= 0.3 is 0 Å². The van der Waals surface area contributed by atoms with E-state index in [4.69, 9.17) is 0 Å². The molecule has 0 aliphatic carbocycles. The summed E-state index contributed by atoms with van der Waals surface area (Å²) in [6, 6.07) is 0. The van der Waals surface area contributed by atoms with Crippen LogP contribution in [0.5, 0.6) is 0 Å². The van der Waals surface area contributed by atoms with E-state index in [1.54, 1.807) is 0 Å². The fourth-order valence-electron chi connectivity index (χ4n) is 0.721. The van der Waals surface area contributed by atoms with Gasteiger partial charge in [-0.25, -0.2) is 4.31 Å². The van der Waals surface area contributed by atoms with Crippen LogP contribution in [0.2, 0.25) is 0 Å². The summed E-state index contributed by atoms with van der Waals surface area (Å²) in [6.45, 7) is 3.04. The summed E-state index contributed by atoms with van der Waals surface area (Å²) in [5.74, 6) is 0. The molecule has 3 nitrogen and oxygen atoms in total. The molecule has 11 heavy (non-hydrogen) atoms. The van der Waals surface area contributed by atoms with Crippen molar-refractivity contribution in [2.75, 3.05) is 18.4 Å². The minimum absolute atomic E-state index is 0.568. The molecule has 0 aliphatic rings. The van der Waals surface area contributed by atoms with Gasteiger partial charge in [-0.15, -0.1) is 0 Å². The zero-order valence-corrected chi connectivity index (χ0v) is 8.99. The van der Waals surface area contributed by atoms with Crippen LogP contribution in [0.4, 0.5) is 0 Å². The lowest BCUT2D eigenvalue weighted by Crippen LogP contribution is -2.26. The Bertz CT molecular complexity index is 123. The van der Waals surface area contributed by atoms with Gasteiger partial charge in [-0.1, -0.05) is 22.9 Å². The van der Waals surface area contributed by atoms with Crippen molar-refractivity contribution in [3.8, 4) is 0 Å². The van der Waals surface area contributed by atoms with Crippen LogP contribution >= 0.6 is 15.9 Å². The highest BCUT2D eigenvalue weighted by Crippen LogP contribution is 1.99. The highest BCUT2D eigenvalue weighted by atomic mass is 79.9. The Balaban J connectivity index is 3.44. The molecule has 0 radical (unpaired) electrons. The lowest BCUT2D eigenvalue weighted by Gasteiger charge is -2.21. The second kappa shape index (κ2) is 7.21. The van der Waals surface area contributed by atoms with Crippen molar-refractivity contribution in [1.82, 2.24) is 4.31 Å². The number of hydrogen-bond acceptors (Lipinski definition) is 2. The first kappa shape index (κ1) is 11.6. The minimum Gasteiger partial charge on any atom is -0.760 e. The predicted octanol–water partition coefficient (Wildman–Crippen LogP) is 1.28. The average molecular weight is 243 g/mol. The molecule has 1 atom stereocenters. The maximum absolute atomic E-state index is 10.4. The highest BCUT2D eigenvalue weighted by Gasteiger charge is 1.99. The van der Waals surface area contributed by atoms with Gasteiger partial charge in [-0.05, 0) is 12.8 Å². The second-order valence-electron chi connectivity index (χ2n) is 2.13. The molecule has 68 valence electrons. The van der Waals surface area contributed by atoms with Crippen LogP contribution in [-0.4, -0.2) is 31.5 Å². The van der Waals surface area contributed by atoms with Crippen LogP contribution in [0.25, 0.3) is 0 Å². The minimum atomic E-state index is -2.04. The Hall–Kier alpha value is 0.550. The third kappa shape index (κ3) is 5.78. The van der Waals surface area contributed by atoms with Gasteiger partial charge in [-0.3, -0.25) is 4.21 Å². The summed E-state index contributed by atoms with van der Waals surface area (Å²) in [5.41, 5.74) is 0. The number of alkyl halides is 1. The summed E-state index contributed by atoms with van der Waals surface area (Å²) in [5, 5.41) is 0.941. The Kier molecular flexibility index (Phi) is 7.57. The fourth-order valence-corrected chi connectivity index (χ4v) is 1.61. The van der Waals surface area contributed by atoms with Gasteiger partial charge in [0.1, 0.15) is 0 Å². The average Bonchev–Trinajstić information content (AvgIpc) is 1.97. The SMILES string of the molecule is CCN(CCCCBr)S(=O)[O-]. The molecule has 0 saturated heterocycles. The maximum Gasteiger partial charge on any atom is 0.0209 e. The lowest BCUT2D eigenvalue weighted by atomic mass is 10.3. The van der Waals surface area contributed by atoms with Crippen molar-refractivity contribution in [3.05, 3.63) is 0 Å². The van der Waals surface area contributed by atoms with E-state index in [2.05, 4.69) is 15.9 Å². The number of hydrogen-bond donors (Lipinski definition) is 0. The molecular formula is C6H13BrNO2S-. The Morgan fingerprint density at radius 1 is 1.55 bits per heavy atom. The molecule has 0 aliphatic heterocycles. The number of rotatable bonds is 6. The van der Waals surface area contributed by atoms with Crippen molar-refractivity contribution < 1.29 is 8.76 Å². The van der Waals surface area contributed by atoms with Gasteiger partial charge in [0.05, 0.1) is 0 Å². The molecule has 0 N–H and O–H groups in total. The van der Waals surface area contributed by atoms with Crippen LogP contribution in [0.15, 0.2) is 0 Å². The van der Waals surface area contributed by atoms with Crippen LogP contribution in [-0.2, 0) is 11.3 Å². The molecule has 5 heteroatoms. The van der Waals surface area contributed by atoms with Crippen LogP contribution in [0, 0.1) is 0 Å². The molecule has 0 rings (SSSR count).